The maximum atomic E-state index is 12.7. The Bertz CT molecular complexity index is 971. The van der Waals surface area contributed by atoms with Crippen LogP contribution in [0.5, 0.6) is 5.75 Å². The second-order valence-corrected chi connectivity index (χ2v) is 6.44. The molecule has 26 heavy (non-hydrogen) atoms. The summed E-state index contributed by atoms with van der Waals surface area (Å²) in [4.78, 5) is 18.1. The molecule has 0 bridgehead atoms. The van der Waals surface area contributed by atoms with Crippen molar-refractivity contribution in [2.24, 2.45) is 0 Å². The molecule has 0 fully saturated rings. The van der Waals surface area contributed by atoms with Gasteiger partial charge >= 0.3 is 0 Å². The lowest BCUT2D eigenvalue weighted by molar-refractivity contribution is -0.126. The standard InChI is InChI=1S/C22H22N2O2/c1-2-26-21-10-6-3-7-16(21)11-12-22(25)24-14-13-20-18(15-24)17-8-4-5-9-19(17)23-20/h3-12,23H,2,13-15H2,1H3. The molecular weight excluding hydrogens is 324 g/mol. The van der Waals surface area contributed by atoms with E-state index in [2.05, 4.69) is 17.1 Å². The number of nitrogens with zero attached hydrogens (tertiary/aromatic N) is 1. The summed E-state index contributed by atoms with van der Waals surface area (Å²) in [6.45, 7) is 3.94. The number of aromatic amines is 1. The van der Waals surface area contributed by atoms with Crippen LogP contribution in [-0.4, -0.2) is 28.9 Å². The summed E-state index contributed by atoms with van der Waals surface area (Å²) >= 11 is 0. The first kappa shape index (κ1) is 16.5. The molecule has 0 aliphatic carbocycles. The Morgan fingerprint density at radius 2 is 2.00 bits per heavy atom. The third-order valence-electron chi connectivity index (χ3n) is 4.82. The van der Waals surface area contributed by atoms with E-state index in [1.54, 1.807) is 6.08 Å². The first-order valence-electron chi connectivity index (χ1n) is 9.03. The van der Waals surface area contributed by atoms with Gasteiger partial charge < -0.3 is 14.6 Å². The van der Waals surface area contributed by atoms with Crippen molar-refractivity contribution in [3.05, 3.63) is 71.4 Å². The zero-order valence-electron chi connectivity index (χ0n) is 14.9. The van der Waals surface area contributed by atoms with E-state index >= 15 is 0 Å². The Labute approximate surface area is 153 Å². The summed E-state index contributed by atoms with van der Waals surface area (Å²) < 4.78 is 5.62. The van der Waals surface area contributed by atoms with E-state index in [1.165, 1.54) is 16.6 Å². The van der Waals surface area contributed by atoms with Crippen molar-refractivity contribution < 1.29 is 9.53 Å². The molecule has 0 saturated carbocycles. The minimum atomic E-state index is 0.0345. The zero-order chi connectivity index (χ0) is 17.9. The van der Waals surface area contributed by atoms with Crippen molar-refractivity contribution in [1.82, 2.24) is 9.88 Å². The highest BCUT2D eigenvalue weighted by Gasteiger charge is 2.22. The number of nitrogens with one attached hydrogen (secondary N) is 1. The predicted molar refractivity (Wildman–Crippen MR) is 104 cm³/mol. The minimum absolute atomic E-state index is 0.0345. The van der Waals surface area contributed by atoms with Gasteiger partial charge in [0.25, 0.3) is 0 Å². The molecule has 1 aliphatic heterocycles. The molecule has 0 unspecified atom stereocenters. The summed E-state index contributed by atoms with van der Waals surface area (Å²) in [5.41, 5.74) is 4.56. The van der Waals surface area contributed by atoms with Gasteiger partial charge in [-0.2, -0.15) is 0 Å². The van der Waals surface area contributed by atoms with E-state index in [-0.39, 0.29) is 5.91 Å². The smallest absolute Gasteiger partial charge is 0.246 e. The van der Waals surface area contributed by atoms with Gasteiger partial charge in [0.1, 0.15) is 5.75 Å². The highest BCUT2D eigenvalue weighted by molar-refractivity contribution is 5.93. The number of para-hydroxylation sites is 2. The van der Waals surface area contributed by atoms with Crippen molar-refractivity contribution in [2.45, 2.75) is 19.9 Å². The van der Waals surface area contributed by atoms with Crippen molar-refractivity contribution in [3.63, 3.8) is 0 Å². The number of carbonyl (C=O) groups is 1. The van der Waals surface area contributed by atoms with E-state index in [0.717, 1.165) is 29.8 Å². The maximum absolute atomic E-state index is 12.7. The van der Waals surface area contributed by atoms with Crippen LogP contribution >= 0.6 is 0 Å². The van der Waals surface area contributed by atoms with E-state index in [9.17, 15) is 4.79 Å². The summed E-state index contributed by atoms with van der Waals surface area (Å²) in [7, 11) is 0. The van der Waals surface area contributed by atoms with Gasteiger partial charge in [0.2, 0.25) is 5.91 Å². The van der Waals surface area contributed by atoms with Crippen molar-refractivity contribution in [3.8, 4) is 5.75 Å². The van der Waals surface area contributed by atoms with Crippen molar-refractivity contribution in [2.75, 3.05) is 13.2 Å². The Hall–Kier alpha value is -3.01. The van der Waals surface area contributed by atoms with Gasteiger partial charge in [-0.05, 0) is 25.1 Å². The van der Waals surface area contributed by atoms with E-state index in [1.807, 2.05) is 54.3 Å². The summed E-state index contributed by atoms with van der Waals surface area (Å²) in [6, 6.07) is 16.1. The summed E-state index contributed by atoms with van der Waals surface area (Å²) in [5, 5.41) is 1.21. The first-order valence-corrected chi connectivity index (χ1v) is 9.03. The third kappa shape index (κ3) is 3.10. The number of ether oxygens (including phenoxy) is 1. The number of hydrogen-bond donors (Lipinski definition) is 1. The minimum Gasteiger partial charge on any atom is -0.493 e. The zero-order valence-corrected chi connectivity index (χ0v) is 14.9. The maximum Gasteiger partial charge on any atom is 0.246 e. The SMILES string of the molecule is CCOc1ccccc1C=CC(=O)N1CCc2[nH]c3ccccc3c2C1. The second kappa shape index (κ2) is 7.08. The largest absolute Gasteiger partial charge is 0.493 e. The fourth-order valence-electron chi connectivity index (χ4n) is 3.53. The summed E-state index contributed by atoms with van der Waals surface area (Å²) in [5.74, 6) is 0.837. The average molecular weight is 346 g/mol. The normalized spacial score (nSPS) is 14.0. The Kier molecular flexibility index (Phi) is 4.48. The van der Waals surface area contributed by atoms with Crippen LogP contribution in [-0.2, 0) is 17.8 Å². The van der Waals surface area contributed by atoms with Gasteiger partial charge in [-0.25, -0.2) is 0 Å². The molecule has 4 heteroatoms. The molecule has 0 atom stereocenters. The Balaban J connectivity index is 1.53. The van der Waals surface area contributed by atoms with Gasteiger partial charge in [-0.1, -0.05) is 36.4 Å². The fraction of sp³-hybridized carbons (Fsp3) is 0.227. The number of hydrogen-bond acceptors (Lipinski definition) is 2. The van der Waals surface area contributed by atoms with Crippen LogP contribution in [0.3, 0.4) is 0 Å². The monoisotopic (exact) mass is 346 g/mol. The lowest BCUT2D eigenvalue weighted by Gasteiger charge is -2.26. The predicted octanol–water partition coefficient (Wildman–Crippen LogP) is 4.16. The van der Waals surface area contributed by atoms with Crippen LogP contribution in [0.15, 0.2) is 54.6 Å². The van der Waals surface area contributed by atoms with Gasteiger partial charge in [-0.15, -0.1) is 0 Å². The van der Waals surface area contributed by atoms with E-state index in [0.29, 0.717) is 13.2 Å². The molecule has 1 N–H and O–H groups in total. The molecule has 0 spiro atoms. The number of carbonyl (C=O) groups excluding carboxylic acids is 1. The van der Waals surface area contributed by atoms with Crippen LogP contribution in [0.1, 0.15) is 23.7 Å². The van der Waals surface area contributed by atoms with Crippen LogP contribution < -0.4 is 4.74 Å². The van der Waals surface area contributed by atoms with Crippen molar-refractivity contribution >= 4 is 22.9 Å². The first-order chi connectivity index (χ1) is 12.8. The highest BCUT2D eigenvalue weighted by Crippen LogP contribution is 2.28. The molecule has 2 aromatic carbocycles. The molecule has 1 aromatic heterocycles. The van der Waals surface area contributed by atoms with Gasteiger partial charge in [0, 0.05) is 53.3 Å². The van der Waals surface area contributed by atoms with Crippen molar-refractivity contribution in [1.29, 1.82) is 0 Å². The number of H-pyrrole nitrogens is 1. The number of fused-ring (bicyclic) bond motifs is 3. The van der Waals surface area contributed by atoms with Crippen LogP contribution in [0.2, 0.25) is 0 Å². The molecule has 1 amide bonds. The molecule has 2 heterocycles. The molecular formula is C22H22N2O2. The van der Waals surface area contributed by atoms with Crippen LogP contribution in [0, 0.1) is 0 Å². The summed E-state index contributed by atoms with van der Waals surface area (Å²) in [6.07, 6.45) is 4.36. The van der Waals surface area contributed by atoms with Crippen LogP contribution in [0.25, 0.3) is 17.0 Å². The molecule has 4 rings (SSSR count). The van der Waals surface area contributed by atoms with Gasteiger partial charge in [0.15, 0.2) is 0 Å². The molecule has 0 saturated heterocycles. The topological polar surface area (TPSA) is 45.3 Å². The number of aromatic nitrogens is 1. The average Bonchev–Trinajstić information content (AvgIpc) is 3.05. The fourth-order valence-corrected chi connectivity index (χ4v) is 3.53. The quantitative estimate of drug-likeness (QED) is 0.721. The van der Waals surface area contributed by atoms with Crippen LogP contribution in [0.4, 0.5) is 0 Å². The third-order valence-corrected chi connectivity index (χ3v) is 4.82. The number of amides is 1. The van der Waals surface area contributed by atoms with Gasteiger partial charge in [-0.3, -0.25) is 4.79 Å². The lowest BCUT2D eigenvalue weighted by Crippen LogP contribution is -2.34. The molecule has 0 radical (unpaired) electrons. The molecule has 1 aliphatic rings. The Morgan fingerprint density at radius 1 is 1.19 bits per heavy atom. The van der Waals surface area contributed by atoms with Gasteiger partial charge in [0.05, 0.1) is 6.61 Å². The Morgan fingerprint density at radius 3 is 2.88 bits per heavy atom. The molecule has 3 aromatic rings. The van der Waals surface area contributed by atoms with E-state index < -0.39 is 0 Å². The molecule has 132 valence electrons. The molecule has 4 nitrogen and oxygen atoms in total. The lowest BCUT2D eigenvalue weighted by atomic mass is 10.0. The van der Waals surface area contributed by atoms with E-state index in [4.69, 9.17) is 4.74 Å². The number of benzene rings is 2. The highest BCUT2D eigenvalue weighted by atomic mass is 16.5. The second-order valence-electron chi connectivity index (χ2n) is 6.44. The number of rotatable bonds is 4.